The van der Waals surface area contributed by atoms with E-state index in [0.717, 1.165) is 0 Å². The summed E-state index contributed by atoms with van der Waals surface area (Å²) in [4.78, 5) is 33.8. The normalized spacial score (nSPS) is 15.7. The fourth-order valence-electron chi connectivity index (χ4n) is 3.10. The number of nitrogens with zero attached hydrogens (tertiary/aromatic N) is 4. The number of aliphatic imine (C=N–C) groups is 1. The van der Waals surface area contributed by atoms with Gasteiger partial charge in [-0.05, 0) is 32.9 Å². The van der Waals surface area contributed by atoms with Crippen molar-refractivity contribution >= 4 is 46.6 Å². The number of amides is 1. The lowest BCUT2D eigenvalue weighted by Gasteiger charge is -2.07. The number of carbonyl (C=O) groups excluding carboxylic acids is 1. The summed E-state index contributed by atoms with van der Waals surface area (Å²) in [6, 6.07) is 7.20. The van der Waals surface area contributed by atoms with Crippen molar-refractivity contribution in [2.45, 2.75) is 32.9 Å². The highest BCUT2D eigenvalue weighted by Gasteiger charge is 2.29. The third-order valence-corrected chi connectivity index (χ3v) is 5.89. The van der Waals surface area contributed by atoms with Gasteiger partial charge in [-0.2, -0.15) is 5.26 Å². The first-order chi connectivity index (χ1) is 16.8. The van der Waals surface area contributed by atoms with Gasteiger partial charge < -0.3 is 24.8 Å². The summed E-state index contributed by atoms with van der Waals surface area (Å²) in [5.41, 5.74) is -0.442. The summed E-state index contributed by atoms with van der Waals surface area (Å²) in [6.45, 7) is 7.01. The Balaban J connectivity index is 1.84. The maximum absolute atomic E-state index is 13.0. The zero-order valence-corrected chi connectivity index (χ0v) is 20.9. The Labute approximate surface area is 206 Å². The molecule has 2 aromatic rings. The van der Waals surface area contributed by atoms with Crippen molar-refractivity contribution in [1.82, 2.24) is 9.55 Å². The van der Waals surface area contributed by atoms with E-state index in [-0.39, 0.29) is 29.5 Å². The van der Waals surface area contributed by atoms with E-state index < -0.39 is 5.54 Å². The standard InChI is InChI=1S/C23H28N6O5S/c1-5-29-21(31)16(35-22(29)15(11-24)20-28-23(2,3)14-34-20)12-25-17-7-6-8-18(26-17)27-19(30)13-33-10-9-32-4/h6-8,12H,5,9-10,13-14H2,1-4H3,(H2,25,26,27,30)/b16-12+,22-15-. The van der Waals surface area contributed by atoms with Crippen LogP contribution in [-0.4, -0.2) is 60.4 Å². The van der Waals surface area contributed by atoms with E-state index >= 15 is 0 Å². The lowest BCUT2D eigenvalue weighted by Crippen LogP contribution is -2.32. The van der Waals surface area contributed by atoms with Crippen LogP contribution >= 0.6 is 11.3 Å². The second-order valence-corrected chi connectivity index (χ2v) is 9.15. The molecule has 2 N–H and O–H groups in total. The molecule has 11 nitrogen and oxygen atoms in total. The number of aromatic nitrogens is 2. The predicted molar refractivity (Wildman–Crippen MR) is 134 cm³/mol. The summed E-state index contributed by atoms with van der Waals surface area (Å²) in [5, 5.41) is 15.4. The summed E-state index contributed by atoms with van der Waals surface area (Å²) in [6.07, 6.45) is 1.53. The van der Waals surface area contributed by atoms with E-state index in [1.54, 1.807) is 25.3 Å². The highest BCUT2D eigenvalue weighted by atomic mass is 32.1. The van der Waals surface area contributed by atoms with Gasteiger partial charge in [0.15, 0.2) is 0 Å². The number of nitriles is 1. The molecule has 1 aliphatic rings. The van der Waals surface area contributed by atoms with Crippen LogP contribution in [0, 0.1) is 11.3 Å². The van der Waals surface area contributed by atoms with Crippen LogP contribution in [0.1, 0.15) is 20.8 Å². The lowest BCUT2D eigenvalue weighted by atomic mass is 10.1. The number of hydrogen-bond acceptors (Lipinski definition) is 10. The Morgan fingerprint density at radius 3 is 2.80 bits per heavy atom. The van der Waals surface area contributed by atoms with E-state index in [4.69, 9.17) is 14.2 Å². The molecule has 2 aromatic heterocycles. The minimum Gasteiger partial charge on any atom is -0.474 e. The van der Waals surface area contributed by atoms with Gasteiger partial charge in [0.2, 0.25) is 5.90 Å². The molecule has 1 aliphatic heterocycles. The monoisotopic (exact) mass is 500 g/mol. The second kappa shape index (κ2) is 11.7. The zero-order valence-electron chi connectivity index (χ0n) is 20.1. The van der Waals surface area contributed by atoms with Crippen molar-refractivity contribution in [2.75, 3.05) is 44.2 Å². The van der Waals surface area contributed by atoms with Crippen molar-refractivity contribution < 1.29 is 19.0 Å². The van der Waals surface area contributed by atoms with Crippen LogP contribution in [0.4, 0.5) is 11.6 Å². The molecule has 0 atom stereocenters. The van der Waals surface area contributed by atoms with Crippen molar-refractivity contribution in [3.8, 4) is 6.07 Å². The van der Waals surface area contributed by atoms with Gasteiger partial charge in [0.25, 0.3) is 11.5 Å². The number of nitrogens with one attached hydrogen (secondary N) is 2. The second-order valence-electron chi connectivity index (χ2n) is 8.12. The first-order valence-corrected chi connectivity index (χ1v) is 11.8. The van der Waals surface area contributed by atoms with Crippen LogP contribution in [0.2, 0.25) is 0 Å². The largest absolute Gasteiger partial charge is 0.474 e. The molecule has 0 fully saturated rings. The summed E-state index contributed by atoms with van der Waals surface area (Å²) < 4.78 is 18.1. The smallest absolute Gasteiger partial charge is 0.270 e. The van der Waals surface area contributed by atoms with E-state index in [1.807, 2.05) is 20.8 Å². The molecule has 0 radical (unpaired) electrons. The van der Waals surface area contributed by atoms with Gasteiger partial charge in [-0.15, -0.1) is 11.3 Å². The molecule has 0 unspecified atom stereocenters. The Bertz CT molecular complexity index is 1320. The highest BCUT2D eigenvalue weighted by Crippen LogP contribution is 2.20. The van der Waals surface area contributed by atoms with Gasteiger partial charge in [-0.25, -0.2) is 9.98 Å². The summed E-state index contributed by atoms with van der Waals surface area (Å²) in [5.74, 6) is 0.663. The van der Waals surface area contributed by atoms with Crippen molar-refractivity contribution in [3.63, 3.8) is 0 Å². The van der Waals surface area contributed by atoms with E-state index in [1.165, 1.54) is 22.1 Å². The Kier molecular flexibility index (Phi) is 8.75. The molecule has 0 spiro atoms. The zero-order chi connectivity index (χ0) is 25.4. The topological polar surface area (TPSA) is 140 Å². The molecule has 12 heteroatoms. The van der Waals surface area contributed by atoms with Crippen LogP contribution in [0.5, 0.6) is 0 Å². The molecule has 3 heterocycles. The lowest BCUT2D eigenvalue weighted by molar-refractivity contribution is -0.121. The van der Waals surface area contributed by atoms with E-state index in [9.17, 15) is 14.9 Å². The number of carbonyl (C=O) groups is 1. The fourth-order valence-corrected chi connectivity index (χ4v) is 4.18. The fraction of sp³-hybridized carbons (Fsp3) is 0.435. The van der Waals surface area contributed by atoms with Crippen LogP contribution in [0.3, 0.4) is 0 Å². The highest BCUT2D eigenvalue weighted by molar-refractivity contribution is 7.07. The van der Waals surface area contributed by atoms with Gasteiger partial charge in [0.1, 0.15) is 45.7 Å². The molecule has 186 valence electrons. The minimum atomic E-state index is -0.426. The van der Waals surface area contributed by atoms with Crippen LogP contribution in [0.25, 0.3) is 11.8 Å². The van der Waals surface area contributed by atoms with E-state index in [2.05, 4.69) is 26.7 Å². The van der Waals surface area contributed by atoms with Crippen molar-refractivity contribution in [2.24, 2.45) is 4.99 Å². The third-order valence-electron chi connectivity index (χ3n) is 4.76. The number of thiazole rings is 1. The Morgan fingerprint density at radius 1 is 1.37 bits per heavy atom. The number of pyridine rings is 1. The number of hydrogen-bond donors (Lipinski definition) is 2. The van der Waals surface area contributed by atoms with Gasteiger partial charge in [-0.3, -0.25) is 14.2 Å². The van der Waals surface area contributed by atoms with Crippen LogP contribution in [-0.2, 0) is 25.5 Å². The molecule has 0 bridgehead atoms. The third kappa shape index (κ3) is 6.75. The molecule has 0 aliphatic carbocycles. The molecule has 0 saturated carbocycles. The molecule has 3 rings (SSSR count). The molecule has 1 amide bonds. The average molecular weight is 501 g/mol. The summed E-state index contributed by atoms with van der Waals surface area (Å²) in [7, 11) is 1.55. The van der Waals surface area contributed by atoms with Crippen LogP contribution in [0.15, 0.2) is 28.0 Å². The predicted octanol–water partition coefficient (Wildman–Crippen LogP) is 0.658. The van der Waals surface area contributed by atoms with Crippen LogP contribution < -0.4 is 25.4 Å². The van der Waals surface area contributed by atoms with Gasteiger partial charge in [-0.1, -0.05) is 6.07 Å². The molecular formula is C23H28N6O5S. The maximum atomic E-state index is 13.0. The Morgan fingerprint density at radius 2 is 2.14 bits per heavy atom. The van der Waals surface area contributed by atoms with Crippen molar-refractivity contribution in [1.29, 1.82) is 5.26 Å². The Hall–Kier alpha value is -3.53. The number of anilines is 2. The minimum absolute atomic E-state index is 0.118. The molecule has 0 saturated heterocycles. The number of methoxy groups -OCH3 is 1. The van der Waals surface area contributed by atoms with Gasteiger partial charge in [0, 0.05) is 19.9 Å². The molecule has 0 aromatic carbocycles. The molecular weight excluding hydrogens is 472 g/mol. The van der Waals surface area contributed by atoms with E-state index in [0.29, 0.717) is 47.2 Å². The number of ether oxygens (including phenoxy) is 3. The summed E-state index contributed by atoms with van der Waals surface area (Å²) >= 11 is 1.17. The number of rotatable bonds is 10. The first kappa shape index (κ1) is 26.1. The maximum Gasteiger partial charge on any atom is 0.270 e. The van der Waals surface area contributed by atoms with Gasteiger partial charge >= 0.3 is 0 Å². The first-order valence-electron chi connectivity index (χ1n) is 11.0. The SMILES string of the molecule is CCn1c(=O)/c(=C\Nc2cccc(NC(=O)COCCOC)n2)s/c1=C(/C#N)C1=NC(C)(C)CO1. The average Bonchev–Trinajstić information content (AvgIpc) is 3.34. The molecule has 35 heavy (non-hydrogen) atoms. The van der Waals surface area contributed by atoms with Gasteiger partial charge in [0.05, 0.1) is 18.8 Å². The van der Waals surface area contributed by atoms with Crippen molar-refractivity contribution in [3.05, 3.63) is 37.7 Å². The quantitative estimate of drug-likeness (QED) is 0.454.